The van der Waals surface area contributed by atoms with Crippen molar-refractivity contribution in [3.8, 4) is 0 Å². The molecule has 1 rings (SSSR count). The van der Waals surface area contributed by atoms with E-state index < -0.39 is 0 Å². The Morgan fingerprint density at radius 3 is 2.40 bits per heavy atom. The predicted molar refractivity (Wildman–Crippen MR) is 70.5 cm³/mol. The minimum Gasteiger partial charge on any atom is -0.329 e. The van der Waals surface area contributed by atoms with Gasteiger partial charge in [-0.15, -0.1) is 0 Å². The number of hydrogen-bond donors (Lipinski definition) is 1. The van der Waals surface area contributed by atoms with E-state index in [1.807, 2.05) is 11.8 Å². The topological polar surface area (TPSA) is 29.3 Å². The van der Waals surface area contributed by atoms with Crippen molar-refractivity contribution in [2.75, 3.05) is 25.9 Å². The first kappa shape index (κ1) is 13.3. The van der Waals surface area contributed by atoms with Crippen LogP contribution in [0.4, 0.5) is 0 Å². The van der Waals surface area contributed by atoms with Crippen molar-refractivity contribution in [3.63, 3.8) is 0 Å². The zero-order valence-corrected chi connectivity index (χ0v) is 11.3. The molecule has 15 heavy (non-hydrogen) atoms. The highest BCUT2D eigenvalue weighted by molar-refractivity contribution is 8.00. The molecule has 1 aliphatic heterocycles. The molecule has 1 heterocycles. The van der Waals surface area contributed by atoms with Crippen molar-refractivity contribution in [1.82, 2.24) is 4.90 Å². The third-order valence-corrected chi connectivity index (χ3v) is 5.29. The number of thioether (sulfide) groups is 1. The molecular formula is C12H26N2S. The fourth-order valence-corrected chi connectivity index (χ4v) is 3.22. The Morgan fingerprint density at radius 1 is 1.40 bits per heavy atom. The van der Waals surface area contributed by atoms with Crippen LogP contribution in [0.5, 0.6) is 0 Å². The molecule has 0 amide bonds. The summed E-state index contributed by atoms with van der Waals surface area (Å²) < 4.78 is 0.377. The van der Waals surface area contributed by atoms with E-state index in [1.54, 1.807) is 0 Å². The summed E-state index contributed by atoms with van der Waals surface area (Å²) >= 11 is 1.97. The number of nitrogens with two attached hydrogens (primary N) is 1. The van der Waals surface area contributed by atoms with Gasteiger partial charge >= 0.3 is 0 Å². The van der Waals surface area contributed by atoms with Gasteiger partial charge in [0.25, 0.3) is 0 Å². The van der Waals surface area contributed by atoms with E-state index >= 15 is 0 Å². The number of nitrogens with zero attached hydrogens (tertiary/aromatic N) is 1. The van der Waals surface area contributed by atoms with Crippen molar-refractivity contribution in [2.45, 2.75) is 50.3 Å². The minimum absolute atomic E-state index is 0.377. The normalized spacial score (nSPS) is 24.0. The smallest absolute Gasteiger partial charge is 0.0303 e. The number of rotatable bonds is 5. The van der Waals surface area contributed by atoms with Gasteiger partial charge in [0.2, 0.25) is 0 Å². The first-order valence-corrected chi connectivity index (χ1v) is 7.39. The molecule has 0 radical (unpaired) electrons. The van der Waals surface area contributed by atoms with Crippen molar-refractivity contribution >= 4 is 11.8 Å². The Labute approximate surface area is 99.0 Å². The third-order valence-electron chi connectivity index (χ3n) is 3.84. The van der Waals surface area contributed by atoms with E-state index in [-0.39, 0.29) is 0 Å². The first-order chi connectivity index (χ1) is 7.17. The molecule has 0 aromatic carbocycles. The molecule has 1 unspecified atom stereocenters. The van der Waals surface area contributed by atoms with E-state index in [1.165, 1.54) is 38.8 Å². The summed E-state index contributed by atoms with van der Waals surface area (Å²) in [6.07, 6.45) is 7.35. The molecule has 0 aliphatic carbocycles. The van der Waals surface area contributed by atoms with Gasteiger partial charge < -0.3 is 10.6 Å². The van der Waals surface area contributed by atoms with Gasteiger partial charge in [-0.05, 0) is 45.5 Å². The second-order valence-electron chi connectivity index (χ2n) is 4.76. The lowest BCUT2D eigenvalue weighted by Crippen LogP contribution is -2.49. The average Bonchev–Trinajstić information content (AvgIpc) is 2.29. The molecule has 1 aliphatic rings. The molecular weight excluding hydrogens is 204 g/mol. The van der Waals surface area contributed by atoms with Gasteiger partial charge in [-0.3, -0.25) is 0 Å². The van der Waals surface area contributed by atoms with E-state index in [9.17, 15) is 0 Å². The fraction of sp³-hybridized carbons (Fsp3) is 1.00. The van der Waals surface area contributed by atoms with Crippen LogP contribution >= 0.6 is 11.8 Å². The molecule has 2 N–H and O–H groups in total. The van der Waals surface area contributed by atoms with Crippen LogP contribution in [0.3, 0.4) is 0 Å². The van der Waals surface area contributed by atoms with Crippen LogP contribution in [0.15, 0.2) is 0 Å². The number of hydrogen-bond acceptors (Lipinski definition) is 3. The Hall–Kier alpha value is 0.270. The van der Waals surface area contributed by atoms with Crippen molar-refractivity contribution in [1.29, 1.82) is 0 Å². The summed E-state index contributed by atoms with van der Waals surface area (Å²) in [5, 5.41) is 0. The summed E-state index contributed by atoms with van der Waals surface area (Å²) in [7, 11) is 0. The van der Waals surface area contributed by atoms with Gasteiger partial charge in [0.15, 0.2) is 0 Å². The maximum atomic E-state index is 5.89. The molecule has 1 saturated heterocycles. The Bertz CT molecular complexity index is 170. The third kappa shape index (κ3) is 3.36. The van der Waals surface area contributed by atoms with Gasteiger partial charge in [-0.2, -0.15) is 11.8 Å². The first-order valence-electron chi connectivity index (χ1n) is 6.16. The second kappa shape index (κ2) is 6.12. The molecule has 0 saturated carbocycles. The predicted octanol–water partition coefficient (Wildman–Crippen LogP) is 2.33. The van der Waals surface area contributed by atoms with Crippen LogP contribution < -0.4 is 5.73 Å². The minimum atomic E-state index is 0.377. The monoisotopic (exact) mass is 230 g/mol. The molecule has 0 aromatic heterocycles. The number of piperidine rings is 1. The quantitative estimate of drug-likeness (QED) is 0.786. The van der Waals surface area contributed by atoms with E-state index in [4.69, 9.17) is 5.73 Å². The Balaban J connectivity index is 2.40. The highest BCUT2D eigenvalue weighted by Crippen LogP contribution is 2.34. The SMILES string of the molecule is CCCC(C)N1CCC(CN)(SC)CC1. The van der Waals surface area contributed by atoms with Crippen LogP contribution in [0.1, 0.15) is 39.5 Å². The van der Waals surface area contributed by atoms with Gasteiger partial charge in [0, 0.05) is 17.3 Å². The lowest BCUT2D eigenvalue weighted by molar-refractivity contribution is 0.148. The van der Waals surface area contributed by atoms with Crippen LogP contribution in [0.2, 0.25) is 0 Å². The Morgan fingerprint density at radius 2 is 2.00 bits per heavy atom. The largest absolute Gasteiger partial charge is 0.329 e. The van der Waals surface area contributed by atoms with Gasteiger partial charge in [0.1, 0.15) is 0 Å². The van der Waals surface area contributed by atoms with Crippen LogP contribution in [-0.2, 0) is 0 Å². The zero-order valence-electron chi connectivity index (χ0n) is 10.5. The average molecular weight is 230 g/mol. The summed E-state index contributed by atoms with van der Waals surface area (Å²) in [6.45, 7) is 7.94. The Kier molecular flexibility index (Phi) is 5.44. The highest BCUT2D eigenvalue weighted by Gasteiger charge is 2.33. The van der Waals surface area contributed by atoms with Gasteiger partial charge in [0.05, 0.1) is 0 Å². The molecule has 0 aromatic rings. The maximum Gasteiger partial charge on any atom is 0.0303 e. The molecule has 3 heteroatoms. The molecule has 1 atom stereocenters. The highest BCUT2D eigenvalue weighted by atomic mass is 32.2. The second-order valence-corrected chi connectivity index (χ2v) is 6.04. The summed E-state index contributed by atoms with van der Waals surface area (Å²) in [4.78, 5) is 2.63. The van der Waals surface area contributed by atoms with Crippen LogP contribution in [0.25, 0.3) is 0 Å². The molecule has 1 fully saturated rings. The summed E-state index contributed by atoms with van der Waals surface area (Å²) in [5.74, 6) is 0. The summed E-state index contributed by atoms with van der Waals surface area (Å²) in [6, 6.07) is 0.757. The maximum absolute atomic E-state index is 5.89. The van der Waals surface area contributed by atoms with Crippen molar-refractivity contribution < 1.29 is 0 Å². The standard InChI is InChI=1S/C12H26N2S/c1-4-5-11(2)14-8-6-12(10-13,15-3)7-9-14/h11H,4-10,13H2,1-3H3. The lowest BCUT2D eigenvalue weighted by atomic mass is 9.94. The van der Waals surface area contributed by atoms with Crippen molar-refractivity contribution in [3.05, 3.63) is 0 Å². The van der Waals surface area contributed by atoms with E-state index in [0.717, 1.165) is 12.6 Å². The van der Waals surface area contributed by atoms with Crippen LogP contribution in [-0.4, -0.2) is 41.6 Å². The van der Waals surface area contributed by atoms with Crippen molar-refractivity contribution in [2.24, 2.45) is 5.73 Å². The van der Waals surface area contributed by atoms with Gasteiger partial charge in [-0.25, -0.2) is 0 Å². The zero-order chi connectivity index (χ0) is 11.3. The lowest BCUT2D eigenvalue weighted by Gasteiger charge is -2.42. The number of likely N-dealkylation sites (tertiary alicyclic amines) is 1. The van der Waals surface area contributed by atoms with E-state index in [2.05, 4.69) is 25.0 Å². The fourth-order valence-electron chi connectivity index (χ4n) is 2.46. The summed E-state index contributed by atoms with van der Waals surface area (Å²) in [5.41, 5.74) is 5.89. The molecule has 0 bridgehead atoms. The van der Waals surface area contributed by atoms with E-state index in [0.29, 0.717) is 4.75 Å². The van der Waals surface area contributed by atoms with Crippen LogP contribution in [0, 0.1) is 0 Å². The molecule has 90 valence electrons. The molecule has 0 spiro atoms. The van der Waals surface area contributed by atoms with Gasteiger partial charge in [-0.1, -0.05) is 13.3 Å². The molecule has 2 nitrogen and oxygen atoms in total.